The van der Waals surface area contributed by atoms with Gasteiger partial charge in [-0.25, -0.2) is 4.79 Å². The maximum absolute atomic E-state index is 12.4. The van der Waals surface area contributed by atoms with E-state index in [0.717, 1.165) is 5.69 Å². The lowest BCUT2D eigenvalue weighted by molar-refractivity contribution is 0.0519. The first kappa shape index (κ1) is 18.4. The largest absolute Gasteiger partial charge is 0.461 e. The van der Waals surface area contributed by atoms with Crippen LogP contribution in [0.25, 0.3) is 0 Å². The first-order valence-corrected chi connectivity index (χ1v) is 8.67. The standard InChI is InChI=1S/C20H21N3O4/c1-4-27-20(26)18-11(2)17(12(3)24)16(23-18)10-13-7-8-15(22-13)19(25)14-6-5-9-21-14/h5-9,21-23H,4,10H2,1-3H3. The van der Waals surface area contributed by atoms with Gasteiger partial charge >= 0.3 is 5.97 Å². The van der Waals surface area contributed by atoms with Gasteiger partial charge in [-0.05, 0) is 50.6 Å². The summed E-state index contributed by atoms with van der Waals surface area (Å²) in [5.41, 5.74) is 3.65. The van der Waals surface area contributed by atoms with Crippen LogP contribution >= 0.6 is 0 Å². The number of hydrogen-bond acceptors (Lipinski definition) is 4. The molecule has 0 radical (unpaired) electrons. The first-order chi connectivity index (χ1) is 12.9. The molecule has 0 aliphatic rings. The number of esters is 1. The van der Waals surface area contributed by atoms with Crippen molar-refractivity contribution in [2.75, 3.05) is 6.61 Å². The molecule has 0 spiro atoms. The Morgan fingerprint density at radius 1 is 1.07 bits per heavy atom. The number of ether oxygens (including phenoxy) is 1. The molecule has 3 aromatic rings. The van der Waals surface area contributed by atoms with Crippen LogP contribution < -0.4 is 0 Å². The monoisotopic (exact) mass is 367 g/mol. The van der Waals surface area contributed by atoms with Gasteiger partial charge in [0.2, 0.25) is 5.78 Å². The lowest BCUT2D eigenvalue weighted by Gasteiger charge is -2.01. The molecule has 140 valence electrons. The minimum atomic E-state index is -0.488. The minimum Gasteiger partial charge on any atom is -0.461 e. The summed E-state index contributed by atoms with van der Waals surface area (Å²) in [6, 6.07) is 6.96. The summed E-state index contributed by atoms with van der Waals surface area (Å²) in [5.74, 6) is -0.769. The van der Waals surface area contributed by atoms with Crippen LogP contribution in [0.3, 0.4) is 0 Å². The fourth-order valence-electron chi connectivity index (χ4n) is 3.16. The van der Waals surface area contributed by atoms with Crippen LogP contribution in [-0.2, 0) is 11.2 Å². The second-order valence-electron chi connectivity index (χ2n) is 6.24. The molecule has 0 saturated carbocycles. The van der Waals surface area contributed by atoms with Gasteiger partial charge in [0, 0.05) is 29.6 Å². The van der Waals surface area contributed by atoms with Crippen molar-refractivity contribution < 1.29 is 19.1 Å². The van der Waals surface area contributed by atoms with E-state index in [1.165, 1.54) is 6.92 Å². The molecule has 0 bridgehead atoms. The van der Waals surface area contributed by atoms with Crippen LogP contribution in [0.2, 0.25) is 0 Å². The fourth-order valence-corrected chi connectivity index (χ4v) is 3.16. The Kier molecular flexibility index (Phi) is 5.12. The van der Waals surface area contributed by atoms with Crippen LogP contribution in [0.15, 0.2) is 30.5 Å². The molecule has 7 nitrogen and oxygen atoms in total. The van der Waals surface area contributed by atoms with Gasteiger partial charge in [0.15, 0.2) is 5.78 Å². The van der Waals surface area contributed by atoms with Gasteiger partial charge in [0.1, 0.15) is 5.69 Å². The number of aromatic nitrogens is 3. The van der Waals surface area contributed by atoms with Crippen molar-refractivity contribution in [2.45, 2.75) is 27.2 Å². The van der Waals surface area contributed by atoms with Crippen LogP contribution in [-0.4, -0.2) is 39.1 Å². The number of H-pyrrole nitrogens is 3. The van der Waals surface area contributed by atoms with E-state index >= 15 is 0 Å². The molecule has 27 heavy (non-hydrogen) atoms. The zero-order valence-corrected chi connectivity index (χ0v) is 15.4. The smallest absolute Gasteiger partial charge is 0.355 e. The highest BCUT2D eigenvalue weighted by Gasteiger charge is 2.23. The van der Waals surface area contributed by atoms with Crippen molar-refractivity contribution >= 4 is 17.5 Å². The zero-order chi connectivity index (χ0) is 19.6. The third kappa shape index (κ3) is 3.62. The van der Waals surface area contributed by atoms with Gasteiger partial charge < -0.3 is 19.7 Å². The minimum absolute atomic E-state index is 0.136. The maximum atomic E-state index is 12.4. The summed E-state index contributed by atoms with van der Waals surface area (Å²) in [7, 11) is 0. The highest BCUT2D eigenvalue weighted by molar-refractivity contribution is 6.06. The van der Waals surface area contributed by atoms with E-state index in [1.807, 2.05) is 0 Å². The van der Waals surface area contributed by atoms with Crippen LogP contribution in [0.4, 0.5) is 0 Å². The molecule has 7 heteroatoms. The fraction of sp³-hybridized carbons (Fsp3) is 0.250. The Balaban J connectivity index is 1.89. The van der Waals surface area contributed by atoms with E-state index in [1.54, 1.807) is 44.3 Å². The van der Waals surface area contributed by atoms with Crippen molar-refractivity contribution in [2.24, 2.45) is 0 Å². The Morgan fingerprint density at radius 2 is 1.85 bits per heavy atom. The number of hydrogen-bond donors (Lipinski definition) is 3. The van der Waals surface area contributed by atoms with E-state index < -0.39 is 5.97 Å². The molecule has 0 saturated heterocycles. The topological polar surface area (TPSA) is 108 Å². The summed E-state index contributed by atoms with van der Waals surface area (Å²) in [6.45, 7) is 5.16. The third-order valence-electron chi connectivity index (χ3n) is 4.36. The number of ketones is 2. The van der Waals surface area contributed by atoms with Gasteiger partial charge in [-0.1, -0.05) is 0 Å². The number of Topliss-reactive ketones (excluding diaryl/α,β-unsaturated/α-hetero) is 1. The molecule has 0 fully saturated rings. The van der Waals surface area contributed by atoms with Crippen LogP contribution in [0.1, 0.15) is 67.8 Å². The molecule has 0 aliphatic heterocycles. The summed E-state index contributed by atoms with van der Waals surface area (Å²) < 4.78 is 5.05. The van der Waals surface area contributed by atoms with Crippen molar-refractivity contribution in [3.63, 3.8) is 0 Å². The predicted octanol–water partition coefficient (Wildman–Crippen LogP) is 3.18. The Hall–Kier alpha value is -3.35. The first-order valence-electron chi connectivity index (χ1n) is 8.67. The third-order valence-corrected chi connectivity index (χ3v) is 4.36. The molecule has 0 aliphatic carbocycles. The molecule has 3 rings (SSSR count). The van der Waals surface area contributed by atoms with Crippen LogP contribution in [0.5, 0.6) is 0 Å². The summed E-state index contributed by atoms with van der Waals surface area (Å²) in [6.07, 6.45) is 2.04. The number of carbonyl (C=O) groups is 3. The second kappa shape index (κ2) is 7.49. The normalized spacial score (nSPS) is 10.8. The van der Waals surface area contributed by atoms with E-state index in [0.29, 0.717) is 34.6 Å². The van der Waals surface area contributed by atoms with Gasteiger partial charge in [-0.15, -0.1) is 0 Å². The van der Waals surface area contributed by atoms with Crippen molar-refractivity contribution in [3.05, 3.63) is 70.1 Å². The molecule has 3 heterocycles. The number of rotatable bonds is 7. The highest BCUT2D eigenvalue weighted by atomic mass is 16.5. The van der Waals surface area contributed by atoms with E-state index in [9.17, 15) is 14.4 Å². The molecular formula is C20H21N3O4. The molecule has 0 amide bonds. The van der Waals surface area contributed by atoms with Gasteiger partial charge in [0.25, 0.3) is 0 Å². The summed E-state index contributed by atoms with van der Waals surface area (Å²) in [4.78, 5) is 45.6. The SMILES string of the molecule is CCOC(=O)c1[nH]c(Cc2ccc(C(=O)c3ccc[nH]3)[nH]2)c(C(C)=O)c1C. The van der Waals surface area contributed by atoms with Gasteiger partial charge in [0.05, 0.1) is 18.0 Å². The molecule has 0 atom stereocenters. The molecule has 0 unspecified atom stereocenters. The average molecular weight is 367 g/mol. The van der Waals surface area contributed by atoms with Crippen molar-refractivity contribution in [3.8, 4) is 0 Å². The lowest BCUT2D eigenvalue weighted by atomic mass is 10.0. The maximum Gasteiger partial charge on any atom is 0.355 e. The molecule has 3 aromatic heterocycles. The summed E-state index contributed by atoms with van der Waals surface area (Å²) >= 11 is 0. The second-order valence-corrected chi connectivity index (χ2v) is 6.24. The highest BCUT2D eigenvalue weighted by Crippen LogP contribution is 2.23. The van der Waals surface area contributed by atoms with Crippen LogP contribution in [0, 0.1) is 6.92 Å². The number of aromatic amines is 3. The number of carbonyl (C=O) groups excluding carboxylic acids is 3. The average Bonchev–Trinajstić information content (AvgIpc) is 3.35. The summed E-state index contributed by atoms with van der Waals surface area (Å²) in [5, 5.41) is 0. The quantitative estimate of drug-likeness (QED) is 0.440. The molecule has 0 aromatic carbocycles. The van der Waals surface area contributed by atoms with Gasteiger partial charge in [-0.3, -0.25) is 9.59 Å². The Morgan fingerprint density at radius 3 is 2.48 bits per heavy atom. The lowest BCUT2D eigenvalue weighted by Crippen LogP contribution is -2.07. The van der Waals surface area contributed by atoms with E-state index in [2.05, 4.69) is 15.0 Å². The van der Waals surface area contributed by atoms with Crippen molar-refractivity contribution in [1.82, 2.24) is 15.0 Å². The van der Waals surface area contributed by atoms with Crippen molar-refractivity contribution in [1.29, 1.82) is 0 Å². The zero-order valence-electron chi connectivity index (χ0n) is 15.4. The van der Waals surface area contributed by atoms with E-state index in [-0.39, 0.29) is 23.9 Å². The predicted molar refractivity (Wildman–Crippen MR) is 99.3 cm³/mol. The molecular weight excluding hydrogens is 346 g/mol. The Bertz CT molecular complexity index is 993. The van der Waals surface area contributed by atoms with Gasteiger partial charge in [-0.2, -0.15) is 0 Å². The van der Waals surface area contributed by atoms with E-state index in [4.69, 9.17) is 4.74 Å². The Labute approximate surface area is 156 Å². The number of nitrogens with one attached hydrogen (secondary N) is 3. The molecule has 3 N–H and O–H groups in total.